The van der Waals surface area contributed by atoms with Gasteiger partial charge in [0.25, 0.3) is 5.78 Å². The summed E-state index contributed by atoms with van der Waals surface area (Å²) < 4.78 is 15.6. The third-order valence-electron chi connectivity index (χ3n) is 6.63. The zero-order chi connectivity index (χ0) is 28.0. The minimum atomic E-state index is -0.984. The van der Waals surface area contributed by atoms with Gasteiger partial charge in [0.15, 0.2) is 10.1 Å². The zero-order valence-corrected chi connectivity index (χ0v) is 22.9. The number of amides is 1. The van der Waals surface area contributed by atoms with E-state index >= 15 is 0 Å². The van der Waals surface area contributed by atoms with Crippen molar-refractivity contribution in [1.29, 1.82) is 0 Å². The Morgan fingerprint density at radius 1 is 1.10 bits per heavy atom. The molecule has 1 aliphatic heterocycles. The fraction of sp³-hybridized carbons (Fsp3) is 0.143. The van der Waals surface area contributed by atoms with Crippen molar-refractivity contribution in [3.8, 4) is 0 Å². The molecule has 1 atom stereocenters. The third-order valence-corrected chi connectivity index (χ3v) is 8.76. The number of carbonyl (C=O) groups is 2. The Morgan fingerprint density at radius 3 is 2.62 bits per heavy atom. The highest BCUT2D eigenvalue weighted by Gasteiger charge is 2.49. The van der Waals surface area contributed by atoms with Crippen LogP contribution in [0.1, 0.15) is 34.1 Å². The van der Waals surface area contributed by atoms with Gasteiger partial charge >= 0.3 is 5.91 Å². The molecule has 40 heavy (non-hydrogen) atoms. The number of imidazole rings is 1. The number of thioether (sulfide) groups is 1. The number of aliphatic hydroxyl groups is 1. The van der Waals surface area contributed by atoms with E-state index in [9.17, 15) is 19.1 Å². The maximum absolute atomic E-state index is 13.5. The number of aryl methyl sites for hydroxylation is 2. The minimum absolute atomic E-state index is 0.0992. The molecule has 12 heteroatoms. The lowest BCUT2D eigenvalue weighted by Crippen LogP contribution is -2.29. The van der Waals surface area contributed by atoms with E-state index in [-0.39, 0.29) is 28.0 Å². The summed E-state index contributed by atoms with van der Waals surface area (Å²) in [7, 11) is 0. The van der Waals surface area contributed by atoms with Crippen LogP contribution in [-0.4, -0.2) is 41.4 Å². The van der Waals surface area contributed by atoms with Crippen LogP contribution in [0.5, 0.6) is 0 Å². The summed E-state index contributed by atoms with van der Waals surface area (Å²) in [6.45, 7) is 3.69. The lowest BCUT2D eigenvalue weighted by atomic mass is 9.98. The van der Waals surface area contributed by atoms with Gasteiger partial charge in [0, 0.05) is 24.3 Å². The molecule has 0 aliphatic carbocycles. The zero-order valence-electron chi connectivity index (χ0n) is 21.3. The van der Waals surface area contributed by atoms with Crippen molar-refractivity contribution < 1.29 is 19.1 Å². The lowest BCUT2D eigenvalue weighted by Gasteiger charge is -2.21. The van der Waals surface area contributed by atoms with Crippen molar-refractivity contribution in [2.45, 2.75) is 30.0 Å². The Hall–Kier alpha value is -4.42. The number of fused-ring (bicyclic) bond motifs is 1. The van der Waals surface area contributed by atoms with Crippen LogP contribution >= 0.6 is 23.1 Å². The number of Topliss-reactive ketones (excluding diaryl/α,β-unsaturated/α-hetero) is 1. The van der Waals surface area contributed by atoms with E-state index < -0.39 is 17.7 Å². The molecule has 1 aliphatic rings. The molecule has 0 bridgehead atoms. The molecule has 1 aromatic carbocycles. The van der Waals surface area contributed by atoms with Crippen LogP contribution in [0.25, 0.3) is 11.4 Å². The fourth-order valence-electron chi connectivity index (χ4n) is 4.64. The molecule has 5 aromatic rings. The predicted molar refractivity (Wildman–Crippen MR) is 150 cm³/mol. The number of rotatable bonds is 6. The van der Waals surface area contributed by atoms with E-state index in [2.05, 4.69) is 20.2 Å². The van der Waals surface area contributed by atoms with E-state index in [1.54, 1.807) is 43.6 Å². The second-order valence-corrected chi connectivity index (χ2v) is 11.3. The highest BCUT2D eigenvalue weighted by atomic mass is 32.2. The first kappa shape index (κ1) is 25.8. The summed E-state index contributed by atoms with van der Waals surface area (Å²) in [6, 6.07) is 12.4. The standard InChI is InChI=1S/C28H21FN6O3S2/c1-15-5-4-12-34-16(2)21(31-25(15)34)23(36)20-22(18-6-3-11-30-13-18)35(26(38)24(20)37)27-32-33-28(40-27)39-14-17-7-9-19(29)10-8-17/h3-13,22,36H,14H2,1-2H3/b23-20+. The normalized spacial score (nSPS) is 16.8. The van der Waals surface area contributed by atoms with Crippen LogP contribution in [-0.2, 0) is 15.3 Å². The van der Waals surface area contributed by atoms with Crippen LogP contribution in [0.3, 0.4) is 0 Å². The molecule has 6 rings (SSSR count). The molecule has 200 valence electrons. The summed E-state index contributed by atoms with van der Waals surface area (Å²) in [5, 5.41) is 20.2. The van der Waals surface area contributed by atoms with Crippen molar-refractivity contribution in [2.75, 3.05) is 4.90 Å². The number of aliphatic hydroxyl groups excluding tert-OH is 1. The van der Waals surface area contributed by atoms with E-state index in [4.69, 9.17) is 0 Å². The Kier molecular flexibility index (Phi) is 6.64. The number of anilines is 1. The topological polar surface area (TPSA) is 114 Å². The number of pyridine rings is 2. The van der Waals surface area contributed by atoms with Gasteiger partial charge in [0.05, 0.1) is 17.3 Å². The maximum atomic E-state index is 13.5. The molecule has 1 unspecified atom stereocenters. The highest BCUT2D eigenvalue weighted by molar-refractivity contribution is 8.00. The monoisotopic (exact) mass is 572 g/mol. The van der Waals surface area contributed by atoms with Gasteiger partial charge in [-0.3, -0.25) is 19.5 Å². The van der Waals surface area contributed by atoms with Gasteiger partial charge in [-0.05, 0) is 54.8 Å². The molecule has 0 radical (unpaired) electrons. The molecule has 1 saturated heterocycles. The first-order chi connectivity index (χ1) is 19.3. The summed E-state index contributed by atoms with van der Waals surface area (Å²) in [6.07, 6.45) is 4.95. The number of ketones is 1. The van der Waals surface area contributed by atoms with Crippen LogP contribution in [0, 0.1) is 19.7 Å². The summed E-state index contributed by atoms with van der Waals surface area (Å²) >= 11 is 2.53. The second-order valence-electron chi connectivity index (χ2n) is 9.15. The van der Waals surface area contributed by atoms with E-state index in [1.807, 2.05) is 29.7 Å². The van der Waals surface area contributed by atoms with E-state index in [0.717, 1.165) is 22.5 Å². The Labute approximate surface area is 236 Å². The number of benzene rings is 1. The summed E-state index contributed by atoms with van der Waals surface area (Å²) in [5.74, 6) is -1.85. The molecular weight excluding hydrogens is 551 g/mol. The molecule has 0 spiro atoms. The molecule has 9 nitrogen and oxygen atoms in total. The van der Waals surface area contributed by atoms with Crippen LogP contribution < -0.4 is 4.90 Å². The number of nitrogens with zero attached hydrogens (tertiary/aromatic N) is 6. The van der Waals surface area contributed by atoms with Gasteiger partial charge in [-0.1, -0.05) is 47.4 Å². The Morgan fingerprint density at radius 2 is 1.90 bits per heavy atom. The van der Waals surface area contributed by atoms with Crippen molar-refractivity contribution in [3.63, 3.8) is 0 Å². The number of halogens is 1. The molecule has 1 amide bonds. The number of hydrogen-bond donors (Lipinski definition) is 1. The number of aromatic nitrogens is 5. The third kappa shape index (κ3) is 4.44. The second kappa shape index (κ2) is 10.3. The quantitative estimate of drug-likeness (QED) is 0.0965. The van der Waals surface area contributed by atoms with Crippen molar-refractivity contribution in [2.24, 2.45) is 0 Å². The Balaban J connectivity index is 1.41. The van der Waals surface area contributed by atoms with Gasteiger partial charge in [0.1, 0.15) is 17.2 Å². The smallest absolute Gasteiger partial charge is 0.301 e. The predicted octanol–water partition coefficient (Wildman–Crippen LogP) is 5.26. The SMILES string of the molecule is Cc1cccn2c(C)c(/C(O)=C3\C(=O)C(=O)N(c4nnc(SCc5ccc(F)cc5)s4)C3c3cccnc3)nc12. The molecular formula is C28H21FN6O3S2. The van der Waals surface area contributed by atoms with E-state index in [0.29, 0.717) is 27.0 Å². The molecule has 1 fully saturated rings. The summed E-state index contributed by atoms with van der Waals surface area (Å²) in [4.78, 5) is 37.0. The van der Waals surface area contributed by atoms with Crippen molar-refractivity contribution in [3.05, 3.63) is 107 Å². The first-order valence-electron chi connectivity index (χ1n) is 12.2. The van der Waals surface area contributed by atoms with Crippen molar-refractivity contribution in [1.82, 2.24) is 24.6 Å². The average Bonchev–Trinajstić information content (AvgIpc) is 3.64. The molecule has 0 saturated carbocycles. The number of carbonyl (C=O) groups excluding carboxylic acids is 2. The molecule has 4 aromatic heterocycles. The average molecular weight is 573 g/mol. The van der Waals surface area contributed by atoms with E-state index in [1.165, 1.54) is 28.8 Å². The van der Waals surface area contributed by atoms with Gasteiger partial charge in [-0.25, -0.2) is 9.37 Å². The highest BCUT2D eigenvalue weighted by Crippen LogP contribution is 2.44. The lowest BCUT2D eigenvalue weighted by molar-refractivity contribution is -0.132. The summed E-state index contributed by atoms with van der Waals surface area (Å²) in [5.41, 5.74) is 3.71. The first-order valence-corrected chi connectivity index (χ1v) is 14.0. The van der Waals surface area contributed by atoms with Gasteiger partial charge in [-0.15, -0.1) is 10.2 Å². The van der Waals surface area contributed by atoms with Crippen LogP contribution in [0.15, 0.2) is 77.0 Å². The van der Waals surface area contributed by atoms with Crippen LogP contribution in [0.4, 0.5) is 9.52 Å². The van der Waals surface area contributed by atoms with Gasteiger partial charge in [0.2, 0.25) is 5.13 Å². The van der Waals surface area contributed by atoms with Crippen LogP contribution in [0.2, 0.25) is 0 Å². The Bertz CT molecular complexity index is 1800. The fourth-order valence-corrected chi connectivity index (χ4v) is 6.46. The van der Waals surface area contributed by atoms with Gasteiger partial charge < -0.3 is 9.51 Å². The maximum Gasteiger partial charge on any atom is 0.301 e. The molecule has 5 heterocycles. The largest absolute Gasteiger partial charge is 0.505 e. The van der Waals surface area contributed by atoms with Gasteiger partial charge in [-0.2, -0.15) is 0 Å². The van der Waals surface area contributed by atoms with Crippen molar-refractivity contribution >= 4 is 51.3 Å². The number of hydrogen-bond acceptors (Lipinski definition) is 9. The minimum Gasteiger partial charge on any atom is -0.505 e. The molecule has 1 N–H and O–H groups in total.